The molecule has 2 heterocycles. The molecule has 136 valence electrons. The first-order valence-corrected chi connectivity index (χ1v) is 8.46. The molecule has 2 aromatic heterocycles. The smallest absolute Gasteiger partial charge is 0.341 e. The standard InChI is InChI=1S/C19H21N3O4/c1-4-24-19(23)14-8-21-22(10-14)15-5-6-17(25-11-13(2)3)16(7-15)18-9-20-12-26-18/h5-10,12-13H,4,11H2,1-3H3. The summed E-state index contributed by atoms with van der Waals surface area (Å²) in [5.41, 5.74) is 1.94. The van der Waals surface area contributed by atoms with Gasteiger partial charge in [0.25, 0.3) is 0 Å². The molecular weight excluding hydrogens is 334 g/mol. The summed E-state index contributed by atoms with van der Waals surface area (Å²) in [5, 5.41) is 4.24. The third-order valence-electron chi connectivity index (χ3n) is 3.59. The Morgan fingerprint density at radius 1 is 1.31 bits per heavy atom. The number of carbonyl (C=O) groups excluding carboxylic acids is 1. The van der Waals surface area contributed by atoms with Gasteiger partial charge in [-0.25, -0.2) is 14.5 Å². The number of hydrogen-bond donors (Lipinski definition) is 0. The van der Waals surface area contributed by atoms with E-state index in [-0.39, 0.29) is 0 Å². The normalized spacial score (nSPS) is 10.9. The van der Waals surface area contributed by atoms with Crippen LogP contribution < -0.4 is 4.74 Å². The lowest BCUT2D eigenvalue weighted by molar-refractivity contribution is 0.0526. The topological polar surface area (TPSA) is 79.4 Å². The number of carbonyl (C=O) groups is 1. The van der Waals surface area contributed by atoms with E-state index in [1.165, 1.54) is 12.6 Å². The average molecular weight is 355 g/mol. The zero-order chi connectivity index (χ0) is 18.5. The molecule has 3 rings (SSSR count). The maximum Gasteiger partial charge on any atom is 0.341 e. The van der Waals surface area contributed by atoms with Gasteiger partial charge in [-0.2, -0.15) is 5.10 Å². The fraction of sp³-hybridized carbons (Fsp3) is 0.316. The Balaban J connectivity index is 1.94. The minimum Gasteiger partial charge on any atom is -0.493 e. The first kappa shape index (κ1) is 17.7. The van der Waals surface area contributed by atoms with Gasteiger partial charge in [0.1, 0.15) is 5.75 Å². The molecular formula is C19H21N3O4. The number of ether oxygens (including phenoxy) is 2. The number of rotatable bonds is 7. The lowest BCUT2D eigenvalue weighted by Gasteiger charge is -2.13. The van der Waals surface area contributed by atoms with Gasteiger partial charge >= 0.3 is 5.97 Å². The van der Waals surface area contributed by atoms with Crippen molar-refractivity contribution in [3.63, 3.8) is 0 Å². The van der Waals surface area contributed by atoms with Crippen LogP contribution in [0.15, 0.2) is 47.6 Å². The van der Waals surface area contributed by atoms with Gasteiger partial charge in [-0.3, -0.25) is 0 Å². The van der Waals surface area contributed by atoms with Crippen molar-refractivity contribution in [1.29, 1.82) is 0 Å². The van der Waals surface area contributed by atoms with E-state index >= 15 is 0 Å². The van der Waals surface area contributed by atoms with Crippen LogP contribution in [0.2, 0.25) is 0 Å². The number of aromatic nitrogens is 3. The molecule has 1 aromatic carbocycles. The van der Waals surface area contributed by atoms with E-state index in [0.717, 1.165) is 11.3 Å². The number of nitrogens with zero attached hydrogens (tertiary/aromatic N) is 3. The van der Waals surface area contributed by atoms with Gasteiger partial charge < -0.3 is 13.9 Å². The lowest BCUT2D eigenvalue weighted by Crippen LogP contribution is -2.06. The minimum absolute atomic E-state index is 0.321. The second-order valence-corrected chi connectivity index (χ2v) is 6.15. The van der Waals surface area contributed by atoms with Crippen molar-refractivity contribution in [3.05, 3.63) is 48.7 Å². The highest BCUT2D eigenvalue weighted by Crippen LogP contribution is 2.32. The third-order valence-corrected chi connectivity index (χ3v) is 3.59. The molecule has 0 radical (unpaired) electrons. The average Bonchev–Trinajstić information content (AvgIpc) is 3.32. The van der Waals surface area contributed by atoms with Crippen molar-refractivity contribution < 1.29 is 18.7 Å². The predicted molar refractivity (Wildman–Crippen MR) is 95.4 cm³/mol. The van der Waals surface area contributed by atoms with Crippen molar-refractivity contribution in [3.8, 4) is 22.8 Å². The zero-order valence-electron chi connectivity index (χ0n) is 15.0. The monoisotopic (exact) mass is 355 g/mol. The quantitative estimate of drug-likeness (QED) is 0.601. The molecule has 0 aliphatic heterocycles. The Labute approximate surface area is 151 Å². The summed E-state index contributed by atoms with van der Waals surface area (Å²) in [7, 11) is 0. The fourth-order valence-electron chi connectivity index (χ4n) is 2.37. The van der Waals surface area contributed by atoms with Gasteiger partial charge in [-0.05, 0) is 31.0 Å². The van der Waals surface area contributed by atoms with Crippen LogP contribution in [0.1, 0.15) is 31.1 Å². The largest absolute Gasteiger partial charge is 0.493 e. The highest BCUT2D eigenvalue weighted by Gasteiger charge is 2.15. The van der Waals surface area contributed by atoms with Crippen LogP contribution in [0.4, 0.5) is 0 Å². The molecule has 0 spiro atoms. The minimum atomic E-state index is -0.397. The fourth-order valence-corrected chi connectivity index (χ4v) is 2.37. The summed E-state index contributed by atoms with van der Waals surface area (Å²) in [4.78, 5) is 15.8. The van der Waals surface area contributed by atoms with E-state index in [2.05, 4.69) is 23.9 Å². The van der Waals surface area contributed by atoms with Gasteiger partial charge in [0.15, 0.2) is 12.2 Å². The van der Waals surface area contributed by atoms with E-state index in [1.807, 2.05) is 18.2 Å². The summed E-state index contributed by atoms with van der Waals surface area (Å²) in [6.07, 6.45) is 6.12. The first-order valence-electron chi connectivity index (χ1n) is 8.46. The number of benzene rings is 1. The molecule has 0 saturated carbocycles. The van der Waals surface area contributed by atoms with Crippen molar-refractivity contribution in [2.24, 2.45) is 5.92 Å². The van der Waals surface area contributed by atoms with E-state index in [9.17, 15) is 4.79 Å². The molecule has 0 aliphatic rings. The summed E-state index contributed by atoms with van der Waals surface area (Å²) in [5.74, 6) is 1.31. The third kappa shape index (κ3) is 3.93. The summed E-state index contributed by atoms with van der Waals surface area (Å²) >= 11 is 0. The summed E-state index contributed by atoms with van der Waals surface area (Å²) in [6, 6.07) is 5.62. The number of esters is 1. The highest BCUT2D eigenvalue weighted by atomic mass is 16.5. The Kier molecular flexibility index (Phi) is 5.36. The van der Waals surface area contributed by atoms with Crippen molar-refractivity contribution in [1.82, 2.24) is 14.8 Å². The second-order valence-electron chi connectivity index (χ2n) is 6.15. The van der Waals surface area contributed by atoms with E-state index in [0.29, 0.717) is 36.2 Å². The summed E-state index contributed by atoms with van der Waals surface area (Å²) in [6.45, 7) is 6.85. The Morgan fingerprint density at radius 3 is 2.85 bits per heavy atom. The van der Waals surface area contributed by atoms with Crippen LogP contribution in [0, 0.1) is 5.92 Å². The molecule has 26 heavy (non-hydrogen) atoms. The molecule has 0 atom stereocenters. The van der Waals surface area contributed by atoms with Crippen molar-refractivity contribution >= 4 is 5.97 Å². The van der Waals surface area contributed by atoms with Crippen LogP contribution in [-0.4, -0.2) is 33.9 Å². The van der Waals surface area contributed by atoms with Gasteiger partial charge in [0, 0.05) is 6.20 Å². The summed E-state index contributed by atoms with van der Waals surface area (Å²) < 4.78 is 17.9. The van der Waals surface area contributed by atoms with E-state index in [1.54, 1.807) is 24.0 Å². The van der Waals surface area contributed by atoms with Gasteiger partial charge in [-0.1, -0.05) is 13.8 Å². The molecule has 0 unspecified atom stereocenters. The van der Waals surface area contributed by atoms with Crippen LogP contribution in [0.25, 0.3) is 17.0 Å². The van der Waals surface area contributed by atoms with Crippen LogP contribution in [0.5, 0.6) is 5.75 Å². The van der Waals surface area contributed by atoms with Crippen molar-refractivity contribution in [2.45, 2.75) is 20.8 Å². The zero-order valence-corrected chi connectivity index (χ0v) is 15.0. The van der Waals surface area contributed by atoms with Crippen molar-refractivity contribution in [2.75, 3.05) is 13.2 Å². The van der Waals surface area contributed by atoms with Crippen LogP contribution in [0.3, 0.4) is 0 Å². The Bertz CT molecular complexity index is 869. The SMILES string of the molecule is CCOC(=O)c1cnn(-c2ccc(OCC(C)C)c(-c3cnco3)c2)c1. The Hall–Kier alpha value is -3.09. The molecule has 0 N–H and O–H groups in total. The Morgan fingerprint density at radius 2 is 2.15 bits per heavy atom. The molecule has 0 bridgehead atoms. The molecule has 0 amide bonds. The van der Waals surface area contributed by atoms with E-state index < -0.39 is 5.97 Å². The molecule has 0 aliphatic carbocycles. The molecule has 0 saturated heterocycles. The van der Waals surface area contributed by atoms with Crippen LogP contribution in [-0.2, 0) is 4.74 Å². The highest BCUT2D eigenvalue weighted by molar-refractivity contribution is 5.88. The first-order chi connectivity index (χ1) is 12.6. The maximum atomic E-state index is 11.8. The maximum absolute atomic E-state index is 11.8. The van der Waals surface area contributed by atoms with Gasteiger partial charge in [-0.15, -0.1) is 0 Å². The lowest BCUT2D eigenvalue weighted by atomic mass is 10.1. The molecule has 7 heteroatoms. The second kappa shape index (κ2) is 7.86. The van der Waals surface area contributed by atoms with Gasteiger partial charge in [0.2, 0.25) is 0 Å². The van der Waals surface area contributed by atoms with Crippen LogP contribution >= 0.6 is 0 Å². The van der Waals surface area contributed by atoms with E-state index in [4.69, 9.17) is 13.9 Å². The molecule has 3 aromatic rings. The molecule has 7 nitrogen and oxygen atoms in total. The number of oxazole rings is 1. The van der Waals surface area contributed by atoms with Gasteiger partial charge in [0.05, 0.1) is 42.4 Å². The molecule has 0 fully saturated rings. The predicted octanol–water partition coefficient (Wildman–Crippen LogP) is 3.74. The number of hydrogen-bond acceptors (Lipinski definition) is 6.